The van der Waals surface area contributed by atoms with Crippen LogP contribution in [-0.2, 0) is 0 Å². The number of halogens is 1. The standard InChI is InChI=1S/C12H10ClNO/c13-12(8-4-5-9-14-12)11(15)10-6-2-1-3-7-10/h1-9,14H. The van der Waals surface area contributed by atoms with E-state index in [4.69, 9.17) is 11.6 Å². The van der Waals surface area contributed by atoms with Crippen LogP contribution < -0.4 is 5.32 Å². The fourth-order valence-electron chi connectivity index (χ4n) is 1.40. The molecule has 1 N–H and O–H groups in total. The first-order valence-electron chi connectivity index (χ1n) is 4.63. The molecule has 0 spiro atoms. The SMILES string of the molecule is O=C(c1ccccc1)C1(Cl)C=CC=CN1. The van der Waals surface area contributed by atoms with Gasteiger partial charge in [-0.25, -0.2) is 0 Å². The zero-order valence-electron chi connectivity index (χ0n) is 7.98. The van der Waals surface area contributed by atoms with Crippen molar-refractivity contribution in [1.82, 2.24) is 5.32 Å². The van der Waals surface area contributed by atoms with Crippen LogP contribution in [0.5, 0.6) is 0 Å². The largest absolute Gasteiger partial charge is 0.363 e. The van der Waals surface area contributed by atoms with E-state index in [2.05, 4.69) is 5.32 Å². The number of nitrogens with one attached hydrogen (secondary N) is 1. The number of allylic oxidation sites excluding steroid dienone is 2. The third-order valence-electron chi connectivity index (χ3n) is 2.19. The number of hydrogen-bond acceptors (Lipinski definition) is 2. The first-order valence-corrected chi connectivity index (χ1v) is 5.01. The van der Waals surface area contributed by atoms with Crippen molar-refractivity contribution in [3.05, 3.63) is 60.3 Å². The number of ketones is 1. The van der Waals surface area contributed by atoms with Gasteiger partial charge in [-0.2, -0.15) is 0 Å². The number of benzene rings is 1. The topological polar surface area (TPSA) is 29.1 Å². The van der Waals surface area contributed by atoms with E-state index in [1.807, 2.05) is 18.2 Å². The summed E-state index contributed by atoms with van der Waals surface area (Å²) in [4.78, 5) is 10.9. The van der Waals surface area contributed by atoms with Gasteiger partial charge in [0.05, 0.1) is 0 Å². The van der Waals surface area contributed by atoms with Crippen LogP contribution in [0.2, 0.25) is 0 Å². The minimum atomic E-state index is -1.14. The summed E-state index contributed by atoms with van der Waals surface area (Å²) in [6.45, 7) is 0. The maximum atomic E-state index is 12.0. The Kier molecular flexibility index (Phi) is 2.60. The number of Topliss-reactive ketones (excluding diaryl/α,β-unsaturated/α-hetero) is 1. The van der Waals surface area contributed by atoms with Gasteiger partial charge in [0.25, 0.3) is 0 Å². The monoisotopic (exact) mass is 219 g/mol. The van der Waals surface area contributed by atoms with Crippen molar-refractivity contribution < 1.29 is 4.79 Å². The van der Waals surface area contributed by atoms with Crippen LogP contribution in [0, 0.1) is 0 Å². The van der Waals surface area contributed by atoms with Gasteiger partial charge in [-0.3, -0.25) is 4.79 Å². The van der Waals surface area contributed by atoms with E-state index < -0.39 is 5.00 Å². The lowest BCUT2D eigenvalue weighted by Crippen LogP contribution is -2.43. The summed E-state index contributed by atoms with van der Waals surface area (Å²) in [7, 11) is 0. The molecule has 0 saturated heterocycles. The molecule has 2 rings (SSSR count). The molecule has 0 aromatic heterocycles. The molecule has 1 unspecified atom stereocenters. The van der Waals surface area contributed by atoms with E-state index in [0.717, 1.165) is 0 Å². The van der Waals surface area contributed by atoms with Gasteiger partial charge in [0.2, 0.25) is 5.78 Å². The first kappa shape index (κ1) is 9.99. The Balaban J connectivity index is 2.29. The fraction of sp³-hybridized carbons (Fsp3) is 0.0833. The molecule has 0 bridgehead atoms. The molecule has 1 aromatic rings. The number of dihydropyridines is 1. The van der Waals surface area contributed by atoms with Gasteiger partial charge in [0.15, 0.2) is 5.00 Å². The van der Waals surface area contributed by atoms with Crippen LogP contribution in [0.25, 0.3) is 0 Å². The maximum absolute atomic E-state index is 12.0. The highest BCUT2D eigenvalue weighted by atomic mass is 35.5. The molecule has 1 aromatic carbocycles. The van der Waals surface area contributed by atoms with Crippen molar-refractivity contribution >= 4 is 17.4 Å². The third kappa shape index (κ3) is 1.95. The van der Waals surface area contributed by atoms with Crippen LogP contribution in [0.3, 0.4) is 0 Å². The summed E-state index contributed by atoms with van der Waals surface area (Å²) in [6, 6.07) is 8.99. The predicted octanol–water partition coefficient (Wildman–Crippen LogP) is 2.48. The van der Waals surface area contributed by atoms with Crippen LogP contribution in [0.4, 0.5) is 0 Å². The van der Waals surface area contributed by atoms with Crippen molar-refractivity contribution in [2.75, 3.05) is 0 Å². The van der Waals surface area contributed by atoms with Crippen LogP contribution in [0.15, 0.2) is 54.8 Å². The molecule has 0 fully saturated rings. The maximum Gasteiger partial charge on any atom is 0.207 e. The van der Waals surface area contributed by atoms with Gasteiger partial charge in [0, 0.05) is 5.56 Å². The Bertz CT molecular complexity index is 425. The number of carbonyl (C=O) groups excluding carboxylic acids is 1. The first-order chi connectivity index (χ1) is 7.22. The molecular weight excluding hydrogens is 210 g/mol. The van der Waals surface area contributed by atoms with E-state index in [0.29, 0.717) is 5.56 Å². The molecule has 0 aliphatic carbocycles. The lowest BCUT2D eigenvalue weighted by molar-refractivity contribution is 0.0949. The normalized spacial score (nSPS) is 23.5. The number of alkyl halides is 1. The lowest BCUT2D eigenvalue weighted by atomic mass is 10.0. The molecule has 0 saturated carbocycles. The molecule has 15 heavy (non-hydrogen) atoms. The molecule has 1 aliphatic heterocycles. The highest BCUT2D eigenvalue weighted by Gasteiger charge is 2.33. The highest BCUT2D eigenvalue weighted by molar-refractivity contribution is 6.39. The molecule has 1 heterocycles. The summed E-state index contributed by atoms with van der Waals surface area (Å²) in [5, 5.41) is 2.84. The molecule has 76 valence electrons. The highest BCUT2D eigenvalue weighted by Crippen LogP contribution is 2.22. The summed E-state index contributed by atoms with van der Waals surface area (Å²) in [6.07, 6.45) is 6.85. The van der Waals surface area contributed by atoms with Crippen molar-refractivity contribution in [2.45, 2.75) is 5.00 Å². The average molecular weight is 220 g/mol. The van der Waals surface area contributed by atoms with Crippen molar-refractivity contribution in [2.24, 2.45) is 0 Å². The van der Waals surface area contributed by atoms with Crippen LogP contribution >= 0.6 is 11.6 Å². The second kappa shape index (κ2) is 3.91. The Morgan fingerprint density at radius 3 is 2.53 bits per heavy atom. The van der Waals surface area contributed by atoms with E-state index in [1.165, 1.54) is 0 Å². The van der Waals surface area contributed by atoms with Gasteiger partial charge >= 0.3 is 0 Å². The summed E-state index contributed by atoms with van der Waals surface area (Å²) in [5.41, 5.74) is 0.597. The van der Waals surface area contributed by atoms with E-state index in [-0.39, 0.29) is 5.78 Å². The molecule has 1 aliphatic rings. The summed E-state index contributed by atoms with van der Waals surface area (Å²) < 4.78 is 0. The Morgan fingerprint density at radius 2 is 1.93 bits per heavy atom. The number of carbonyl (C=O) groups is 1. The minimum Gasteiger partial charge on any atom is -0.363 e. The van der Waals surface area contributed by atoms with E-state index in [1.54, 1.807) is 36.6 Å². The zero-order valence-corrected chi connectivity index (χ0v) is 8.74. The second-order valence-electron chi connectivity index (χ2n) is 3.27. The van der Waals surface area contributed by atoms with Gasteiger partial charge in [-0.05, 0) is 18.4 Å². The molecule has 2 nitrogen and oxygen atoms in total. The van der Waals surface area contributed by atoms with Gasteiger partial charge < -0.3 is 5.32 Å². The minimum absolute atomic E-state index is 0.148. The molecule has 0 amide bonds. The smallest absolute Gasteiger partial charge is 0.207 e. The average Bonchev–Trinajstić information content (AvgIpc) is 2.30. The molecule has 3 heteroatoms. The quantitative estimate of drug-likeness (QED) is 0.470. The van der Waals surface area contributed by atoms with Gasteiger partial charge in [0.1, 0.15) is 0 Å². The fourth-order valence-corrected chi connectivity index (χ4v) is 1.65. The molecular formula is C12H10ClNO. The van der Waals surface area contributed by atoms with Crippen LogP contribution in [-0.4, -0.2) is 10.8 Å². The second-order valence-corrected chi connectivity index (χ2v) is 3.87. The molecule has 0 radical (unpaired) electrons. The van der Waals surface area contributed by atoms with Crippen molar-refractivity contribution in [1.29, 1.82) is 0 Å². The van der Waals surface area contributed by atoms with Crippen LogP contribution in [0.1, 0.15) is 10.4 Å². The van der Waals surface area contributed by atoms with Gasteiger partial charge in [-0.1, -0.05) is 48.0 Å². The predicted molar refractivity (Wildman–Crippen MR) is 60.8 cm³/mol. The van der Waals surface area contributed by atoms with Crippen molar-refractivity contribution in [3.8, 4) is 0 Å². The van der Waals surface area contributed by atoms with Gasteiger partial charge in [-0.15, -0.1) is 0 Å². The Morgan fingerprint density at radius 1 is 1.20 bits per heavy atom. The lowest BCUT2D eigenvalue weighted by Gasteiger charge is -2.24. The third-order valence-corrected chi connectivity index (χ3v) is 2.60. The number of hydrogen-bond donors (Lipinski definition) is 1. The number of rotatable bonds is 2. The Hall–Kier alpha value is -1.54. The van der Waals surface area contributed by atoms with E-state index in [9.17, 15) is 4.79 Å². The van der Waals surface area contributed by atoms with Crippen molar-refractivity contribution in [3.63, 3.8) is 0 Å². The summed E-state index contributed by atoms with van der Waals surface area (Å²) >= 11 is 6.16. The molecule has 1 atom stereocenters. The van der Waals surface area contributed by atoms with E-state index >= 15 is 0 Å². The summed E-state index contributed by atoms with van der Waals surface area (Å²) in [5.74, 6) is -0.148. The zero-order chi connectivity index (χ0) is 10.7. The Labute approximate surface area is 93.3 Å².